The quantitative estimate of drug-likeness (QED) is 0.484. The second kappa shape index (κ2) is 9.81. The summed E-state index contributed by atoms with van der Waals surface area (Å²) >= 11 is 0. The van der Waals surface area contributed by atoms with Gasteiger partial charge >= 0.3 is 6.09 Å². The maximum atomic E-state index is 13.3. The van der Waals surface area contributed by atoms with Crippen molar-refractivity contribution in [2.75, 3.05) is 6.54 Å². The molecule has 0 aliphatic heterocycles. The Morgan fingerprint density at radius 2 is 1.61 bits per heavy atom. The fraction of sp³-hybridized carbons (Fsp3) is 0.286. The summed E-state index contributed by atoms with van der Waals surface area (Å²) in [6.07, 6.45) is 1.27. The highest BCUT2D eigenvalue weighted by molar-refractivity contribution is 6.27. The minimum atomic E-state index is -0.971. The van der Waals surface area contributed by atoms with E-state index >= 15 is 0 Å². The fourth-order valence-corrected chi connectivity index (χ4v) is 4.24. The van der Waals surface area contributed by atoms with Gasteiger partial charge in [0, 0.05) is 52.3 Å². The first-order valence-corrected chi connectivity index (χ1v) is 11.8. The number of nitrogens with one attached hydrogen (secondary N) is 3. The van der Waals surface area contributed by atoms with Crippen LogP contribution in [0.5, 0.6) is 0 Å². The average molecular weight is 488 g/mol. The minimum Gasteiger partial charge on any atom is -0.444 e. The Bertz CT molecular complexity index is 1390. The lowest BCUT2D eigenvalue weighted by Crippen LogP contribution is -2.50. The van der Waals surface area contributed by atoms with Crippen molar-refractivity contribution in [1.82, 2.24) is 15.6 Å². The summed E-state index contributed by atoms with van der Waals surface area (Å²) in [5.41, 5.74) is 2.22. The molecule has 2 amide bonds. The normalized spacial score (nSPS) is 14.4. The van der Waals surface area contributed by atoms with E-state index in [9.17, 15) is 19.2 Å². The summed E-state index contributed by atoms with van der Waals surface area (Å²) in [5, 5.41) is 6.33. The van der Waals surface area contributed by atoms with Crippen LogP contribution in [0.25, 0.3) is 10.9 Å². The van der Waals surface area contributed by atoms with Crippen molar-refractivity contribution in [2.24, 2.45) is 0 Å². The number of H-pyrrole nitrogens is 1. The minimum absolute atomic E-state index is 0.135. The van der Waals surface area contributed by atoms with Crippen molar-refractivity contribution in [2.45, 2.75) is 45.8 Å². The second-order valence-electron chi connectivity index (χ2n) is 9.79. The topological polar surface area (TPSA) is 117 Å². The number of ether oxygens (including phenoxy) is 1. The molecular formula is C28H29N3O5. The number of carbonyl (C=O) groups excluding carboxylic acids is 4. The molecule has 1 aromatic heterocycles. The molecule has 1 aliphatic rings. The van der Waals surface area contributed by atoms with Crippen molar-refractivity contribution in [3.8, 4) is 0 Å². The number of allylic oxidation sites excluding steroid dienone is 1. The zero-order valence-corrected chi connectivity index (χ0v) is 20.7. The Hall–Kier alpha value is -4.20. The number of aromatic nitrogens is 1. The Morgan fingerprint density at radius 3 is 2.31 bits per heavy atom. The zero-order chi connectivity index (χ0) is 26.0. The van der Waals surface area contributed by atoms with Crippen molar-refractivity contribution in [3.63, 3.8) is 0 Å². The van der Waals surface area contributed by atoms with E-state index in [1.165, 1.54) is 0 Å². The monoisotopic (exact) mass is 487 g/mol. The number of benzene rings is 2. The molecule has 8 heteroatoms. The number of Topliss-reactive ketones (excluding diaryl/α,β-unsaturated/α-hetero) is 2. The van der Waals surface area contributed by atoms with Crippen molar-refractivity contribution in [3.05, 3.63) is 82.6 Å². The van der Waals surface area contributed by atoms with E-state index in [-0.39, 0.29) is 30.1 Å². The van der Waals surface area contributed by atoms with Gasteiger partial charge in [-0.05, 0) is 39.3 Å². The van der Waals surface area contributed by atoms with Gasteiger partial charge in [-0.15, -0.1) is 0 Å². The molecule has 3 N–H and O–H groups in total. The average Bonchev–Trinajstić information content (AvgIpc) is 3.23. The van der Waals surface area contributed by atoms with Gasteiger partial charge in [0.05, 0.1) is 0 Å². The number of rotatable bonds is 6. The van der Waals surface area contributed by atoms with Crippen LogP contribution in [0.1, 0.15) is 54.0 Å². The van der Waals surface area contributed by atoms with E-state index < -0.39 is 23.6 Å². The summed E-state index contributed by atoms with van der Waals surface area (Å²) in [6, 6.07) is 13.3. The Morgan fingerprint density at radius 1 is 0.972 bits per heavy atom. The van der Waals surface area contributed by atoms with Gasteiger partial charge in [0.15, 0.2) is 11.6 Å². The number of fused-ring (bicyclic) bond motifs is 2. The highest BCUT2D eigenvalue weighted by atomic mass is 16.6. The smallest absolute Gasteiger partial charge is 0.408 e. The molecule has 1 aliphatic carbocycles. The first-order chi connectivity index (χ1) is 17.0. The molecule has 0 unspecified atom stereocenters. The molecule has 186 valence electrons. The number of hydrogen-bond acceptors (Lipinski definition) is 5. The zero-order valence-electron chi connectivity index (χ0n) is 20.7. The highest BCUT2D eigenvalue weighted by Crippen LogP contribution is 2.26. The number of alkyl carbamates (subject to hydrolysis) is 1. The first kappa shape index (κ1) is 24.9. The van der Waals surface area contributed by atoms with E-state index in [1.807, 2.05) is 24.3 Å². The number of para-hydroxylation sites is 1. The molecule has 1 atom stereocenters. The van der Waals surface area contributed by atoms with Crippen LogP contribution in [0.2, 0.25) is 0 Å². The predicted molar refractivity (Wildman–Crippen MR) is 136 cm³/mol. The van der Waals surface area contributed by atoms with Crippen molar-refractivity contribution < 1.29 is 23.9 Å². The van der Waals surface area contributed by atoms with Gasteiger partial charge in [-0.3, -0.25) is 14.4 Å². The lowest BCUT2D eigenvalue weighted by molar-refractivity contribution is -0.123. The summed E-state index contributed by atoms with van der Waals surface area (Å²) in [6.45, 7) is 6.66. The van der Waals surface area contributed by atoms with Gasteiger partial charge in [0.1, 0.15) is 11.6 Å². The van der Waals surface area contributed by atoms with Crippen molar-refractivity contribution >= 4 is 34.5 Å². The van der Waals surface area contributed by atoms with Gasteiger partial charge in [0.2, 0.25) is 5.91 Å². The molecule has 0 fully saturated rings. The summed E-state index contributed by atoms with van der Waals surface area (Å²) < 4.78 is 5.36. The molecule has 0 spiro atoms. The molecular weight excluding hydrogens is 458 g/mol. The summed E-state index contributed by atoms with van der Waals surface area (Å²) in [4.78, 5) is 54.8. The molecule has 36 heavy (non-hydrogen) atoms. The van der Waals surface area contributed by atoms with Crippen LogP contribution in [0.15, 0.2) is 65.9 Å². The van der Waals surface area contributed by atoms with E-state index in [2.05, 4.69) is 15.6 Å². The SMILES string of the molecule is CC1=C(CNC(=O)[C@@H](Cc2c[nH]c3ccccc23)NC(=O)OC(C)(C)C)C(=O)c2ccccc2C1=O. The number of carbonyl (C=O) groups is 4. The van der Waals surface area contributed by atoms with E-state index in [1.54, 1.807) is 58.2 Å². The van der Waals surface area contributed by atoms with E-state index in [0.29, 0.717) is 16.7 Å². The number of hydrogen-bond donors (Lipinski definition) is 3. The molecule has 3 aromatic rings. The lowest BCUT2D eigenvalue weighted by atomic mass is 9.84. The van der Waals surface area contributed by atoms with Crippen LogP contribution in [0.4, 0.5) is 4.79 Å². The van der Waals surface area contributed by atoms with Crippen LogP contribution in [0, 0.1) is 0 Å². The van der Waals surface area contributed by atoms with Gasteiger partial charge in [-0.1, -0.05) is 42.5 Å². The molecule has 2 aromatic carbocycles. The van der Waals surface area contributed by atoms with Gasteiger partial charge in [-0.2, -0.15) is 0 Å². The maximum Gasteiger partial charge on any atom is 0.408 e. The molecule has 4 rings (SSSR count). The van der Waals surface area contributed by atoms with E-state index in [0.717, 1.165) is 16.5 Å². The Balaban J connectivity index is 1.55. The fourth-order valence-electron chi connectivity index (χ4n) is 4.24. The van der Waals surface area contributed by atoms with Crippen LogP contribution in [-0.4, -0.2) is 46.7 Å². The van der Waals surface area contributed by atoms with Gasteiger partial charge in [0.25, 0.3) is 0 Å². The van der Waals surface area contributed by atoms with Crippen LogP contribution < -0.4 is 10.6 Å². The van der Waals surface area contributed by atoms with Crippen LogP contribution >= 0.6 is 0 Å². The summed E-state index contributed by atoms with van der Waals surface area (Å²) in [7, 11) is 0. The number of amides is 2. The number of aromatic amines is 1. The second-order valence-corrected chi connectivity index (χ2v) is 9.79. The van der Waals surface area contributed by atoms with Crippen LogP contribution in [-0.2, 0) is 16.0 Å². The van der Waals surface area contributed by atoms with E-state index in [4.69, 9.17) is 4.74 Å². The first-order valence-electron chi connectivity index (χ1n) is 11.8. The molecule has 0 bridgehead atoms. The number of ketones is 2. The van der Waals surface area contributed by atoms with Gasteiger partial charge < -0.3 is 20.4 Å². The predicted octanol–water partition coefficient (Wildman–Crippen LogP) is 4.12. The summed E-state index contributed by atoms with van der Waals surface area (Å²) in [5.74, 6) is -1.03. The maximum absolute atomic E-state index is 13.3. The van der Waals surface area contributed by atoms with Crippen LogP contribution in [0.3, 0.4) is 0 Å². The molecule has 1 heterocycles. The molecule has 0 saturated carbocycles. The largest absolute Gasteiger partial charge is 0.444 e. The Labute approximate surface area is 209 Å². The standard InChI is InChI=1S/C28H29N3O5/c1-16-21(25(33)20-11-6-5-10-19(20)24(16)32)15-30-26(34)23(31-27(35)36-28(2,3)4)13-17-14-29-22-12-8-7-9-18(17)22/h5-12,14,23,29H,13,15H2,1-4H3,(H,30,34)(H,31,35)/t23-/m1/s1. The van der Waals surface area contributed by atoms with Crippen molar-refractivity contribution in [1.29, 1.82) is 0 Å². The third kappa shape index (κ3) is 5.22. The highest BCUT2D eigenvalue weighted by Gasteiger charge is 2.31. The Kier molecular flexibility index (Phi) is 6.79. The molecule has 0 saturated heterocycles. The third-order valence-electron chi connectivity index (χ3n) is 6.03. The van der Waals surface area contributed by atoms with Gasteiger partial charge in [-0.25, -0.2) is 4.79 Å². The molecule has 8 nitrogen and oxygen atoms in total. The lowest BCUT2D eigenvalue weighted by Gasteiger charge is -2.24. The molecule has 0 radical (unpaired) electrons. The third-order valence-corrected chi connectivity index (χ3v) is 6.03.